The van der Waals surface area contributed by atoms with E-state index < -0.39 is 10.0 Å². The lowest BCUT2D eigenvalue weighted by molar-refractivity contribution is 0.260. The molecule has 18 heavy (non-hydrogen) atoms. The zero-order valence-electron chi connectivity index (χ0n) is 10.2. The first-order valence-corrected chi connectivity index (χ1v) is 7.29. The van der Waals surface area contributed by atoms with Crippen molar-refractivity contribution in [3.63, 3.8) is 0 Å². The first kappa shape index (κ1) is 14.8. The maximum absolute atomic E-state index is 12.0. The van der Waals surface area contributed by atoms with Crippen LogP contribution in [0.25, 0.3) is 0 Å². The van der Waals surface area contributed by atoms with Crippen LogP contribution in [0.3, 0.4) is 0 Å². The second kappa shape index (κ2) is 7.25. The van der Waals surface area contributed by atoms with Crippen LogP contribution in [0.1, 0.15) is 5.56 Å². The van der Waals surface area contributed by atoms with Crippen LogP contribution in [0, 0.1) is 0 Å². The van der Waals surface area contributed by atoms with Gasteiger partial charge in [0.15, 0.2) is 0 Å². The van der Waals surface area contributed by atoms with Gasteiger partial charge in [-0.2, -0.15) is 4.31 Å². The van der Waals surface area contributed by atoms with E-state index in [0.717, 1.165) is 5.56 Å². The Labute approximate surface area is 108 Å². The van der Waals surface area contributed by atoms with Gasteiger partial charge in [-0.05, 0) is 24.1 Å². The number of hydrogen-bond acceptors (Lipinski definition) is 4. The molecule has 100 valence electrons. The number of nitrogens with zero attached hydrogens (tertiary/aromatic N) is 2. The molecule has 0 saturated carbocycles. The Kier molecular flexibility index (Phi) is 5.97. The molecule has 0 spiro atoms. The first-order chi connectivity index (χ1) is 8.60. The molecule has 1 N–H and O–H groups in total. The number of aryl methyl sites for hydroxylation is 1. The molecule has 1 rings (SSSR count). The number of aromatic nitrogens is 1. The van der Waals surface area contributed by atoms with Crippen molar-refractivity contribution in [2.24, 2.45) is 0 Å². The lowest BCUT2D eigenvalue weighted by atomic mass is 10.2. The summed E-state index contributed by atoms with van der Waals surface area (Å²) in [4.78, 5) is 3.88. The number of aliphatic hydroxyl groups excluding tert-OH is 1. The molecule has 0 fully saturated rings. The zero-order chi connectivity index (χ0) is 13.4. The number of sulfonamides is 1. The van der Waals surface area contributed by atoms with E-state index in [-0.39, 0.29) is 25.4 Å². The maximum atomic E-state index is 12.0. The Balaban J connectivity index is 2.65. The molecule has 0 aliphatic heterocycles. The van der Waals surface area contributed by atoms with Crippen molar-refractivity contribution >= 4 is 10.0 Å². The monoisotopic (exact) mass is 270 g/mol. The summed E-state index contributed by atoms with van der Waals surface area (Å²) < 4.78 is 25.3. The molecule has 0 radical (unpaired) electrons. The summed E-state index contributed by atoms with van der Waals surface area (Å²) in [6.07, 6.45) is 5.22. The summed E-state index contributed by atoms with van der Waals surface area (Å²) in [5.74, 6) is 0.0187. The standard InChI is InChI=1S/C12H18N2O3S/c1-2-8-14(9-10-15)18(16,17)11-5-12-3-6-13-7-4-12/h2-4,6-7,15H,1,5,8-11H2. The van der Waals surface area contributed by atoms with Gasteiger partial charge in [0.25, 0.3) is 0 Å². The minimum Gasteiger partial charge on any atom is -0.395 e. The topological polar surface area (TPSA) is 70.5 Å². The van der Waals surface area contributed by atoms with E-state index in [0.29, 0.717) is 6.42 Å². The number of rotatable bonds is 8. The van der Waals surface area contributed by atoms with Crippen molar-refractivity contribution in [3.8, 4) is 0 Å². The van der Waals surface area contributed by atoms with Gasteiger partial charge in [0.2, 0.25) is 10.0 Å². The predicted octanol–water partition coefficient (Wildman–Crippen LogP) is 0.434. The highest BCUT2D eigenvalue weighted by Gasteiger charge is 2.19. The molecule has 6 heteroatoms. The fraction of sp³-hybridized carbons (Fsp3) is 0.417. The molecule has 0 unspecified atom stereocenters. The number of hydrogen-bond donors (Lipinski definition) is 1. The van der Waals surface area contributed by atoms with E-state index in [1.54, 1.807) is 24.5 Å². The quantitative estimate of drug-likeness (QED) is 0.696. The molecule has 0 bridgehead atoms. The van der Waals surface area contributed by atoms with Crippen LogP contribution < -0.4 is 0 Å². The Morgan fingerprint density at radius 2 is 2.06 bits per heavy atom. The second-order valence-corrected chi connectivity index (χ2v) is 5.88. The Morgan fingerprint density at radius 3 is 2.61 bits per heavy atom. The lowest BCUT2D eigenvalue weighted by Crippen LogP contribution is -2.36. The van der Waals surface area contributed by atoms with E-state index >= 15 is 0 Å². The molecule has 1 aromatic rings. The molecule has 0 aliphatic rings. The largest absolute Gasteiger partial charge is 0.395 e. The Hall–Kier alpha value is -1.24. The summed E-state index contributed by atoms with van der Waals surface area (Å²) in [7, 11) is -3.36. The third-order valence-corrected chi connectivity index (χ3v) is 4.31. The molecular weight excluding hydrogens is 252 g/mol. The van der Waals surface area contributed by atoms with Crippen molar-refractivity contribution < 1.29 is 13.5 Å². The smallest absolute Gasteiger partial charge is 0.214 e. The molecule has 1 heterocycles. The van der Waals surface area contributed by atoms with Gasteiger partial charge in [0.1, 0.15) is 0 Å². The Bertz CT molecular complexity index is 459. The third-order valence-electron chi connectivity index (χ3n) is 2.47. The van der Waals surface area contributed by atoms with Crippen molar-refractivity contribution in [1.29, 1.82) is 0 Å². The van der Waals surface area contributed by atoms with Crippen molar-refractivity contribution in [3.05, 3.63) is 42.7 Å². The molecule has 0 saturated heterocycles. The van der Waals surface area contributed by atoms with Crippen molar-refractivity contribution in [2.45, 2.75) is 6.42 Å². The highest BCUT2D eigenvalue weighted by atomic mass is 32.2. The third kappa shape index (κ3) is 4.56. The fourth-order valence-corrected chi connectivity index (χ4v) is 2.97. The molecular formula is C12H18N2O3S. The van der Waals surface area contributed by atoms with Crippen molar-refractivity contribution in [1.82, 2.24) is 9.29 Å². The molecule has 5 nitrogen and oxygen atoms in total. The van der Waals surface area contributed by atoms with Gasteiger partial charge >= 0.3 is 0 Å². The average Bonchev–Trinajstić information content (AvgIpc) is 2.37. The van der Waals surface area contributed by atoms with Crippen LogP contribution in [0.2, 0.25) is 0 Å². The molecule has 0 aromatic carbocycles. The normalized spacial score (nSPS) is 11.7. The number of aliphatic hydroxyl groups is 1. The average molecular weight is 270 g/mol. The molecule has 0 aliphatic carbocycles. The van der Waals surface area contributed by atoms with Gasteiger partial charge in [-0.15, -0.1) is 6.58 Å². The van der Waals surface area contributed by atoms with Gasteiger partial charge in [0.05, 0.1) is 12.4 Å². The molecule has 1 aromatic heterocycles. The Morgan fingerprint density at radius 1 is 1.39 bits per heavy atom. The van der Waals surface area contributed by atoms with Crippen LogP contribution in [0.4, 0.5) is 0 Å². The van der Waals surface area contributed by atoms with E-state index in [1.807, 2.05) is 0 Å². The highest BCUT2D eigenvalue weighted by molar-refractivity contribution is 7.89. The summed E-state index contributed by atoms with van der Waals surface area (Å²) in [5, 5.41) is 8.86. The van der Waals surface area contributed by atoms with Gasteiger partial charge in [-0.25, -0.2) is 8.42 Å². The van der Waals surface area contributed by atoms with Gasteiger partial charge in [-0.1, -0.05) is 6.08 Å². The van der Waals surface area contributed by atoms with Gasteiger partial charge in [0, 0.05) is 25.5 Å². The van der Waals surface area contributed by atoms with Crippen LogP contribution in [0.15, 0.2) is 37.2 Å². The minimum absolute atomic E-state index is 0.0187. The van der Waals surface area contributed by atoms with Gasteiger partial charge in [-0.3, -0.25) is 4.98 Å². The predicted molar refractivity (Wildman–Crippen MR) is 70.6 cm³/mol. The van der Waals surface area contributed by atoms with E-state index in [4.69, 9.17) is 5.11 Å². The summed E-state index contributed by atoms with van der Waals surface area (Å²) >= 11 is 0. The minimum atomic E-state index is -3.36. The summed E-state index contributed by atoms with van der Waals surface area (Å²) in [5.41, 5.74) is 0.927. The fourth-order valence-electron chi connectivity index (χ4n) is 1.52. The number of pyridine rings is 1. The highest BCUT2D eigenvalue weighted by Crippen LogP contribution is 2.06. The molecule has 0 amide bonds. The van der Waals surface area contributed by atoms with Gasteiger partial charge < -0.3 is 5.11 Å². The van der Waals surface area contributed by atoms with Crippen LogP contribution in [0.5, 0.6) is 0 Å². The summed E-state index contributed by atoms with van der Waals surface area (Å²) in [6, 6.07) is 3.58. The van der Waals surface area contributed by atoms with E-state index in [2.05, 4.69) is 11.6 Å². The van der Waals surface area contributed by atoms with E-state index in [1.165, 1.54) is 10.4 Å². The molecule has 0 atom stereocenters. The van der Waals surface area contributed by atoms with Crippen LogP contribution in [-0.2, 0) is 16.4 Å². The first-order valence-electron chi connectivity index (χ1n) is 5.68. The van der Waals surface area contributed by atoms with Crippen LogP contribution >= 0.6 is 0 Å². The second-order valence-electron chi connectivity index (χ2n) is 3.79. The zero-order valence-corrected chi connectivity index (χ0v) is 11.0. The maximum Gasteiger partial charge on any atom is 0.214 e. The van der Waals surface area contributed by atoms with Crippen LogP contribution in [-0.4, -0.2) is 48.3 Å². The van der Waals surface area contributed by atoms with E-state index in [9.17, 15) is 8.42 Å². The summed E-state index contributed by atoms with van der Waals surface area (Å²) in [6.45, 7) is 3.65. The van der Waals surface area contributed by atoms with Crippen molar-refractivity contribution in [2.75, 3.05) is 25.4 Å². The SMILES string of the molecule is C=CCN(CCO)S(=O)(=O)CCc1ccncc1. The lowest BCUT2D eigenvalue weighted by Gasteiger charge is -2.19.